The number of amides is 4. The standard InChI is InChI=1S/C9H14N4O4/c10-7(14)4-17-12-8(15)6-2-1-5-3-13(6)9(16)11-5/h5-6H,1-4H2,(H2,10,14)(H,11,16)(H,12,15)/t5?,6-/m0/s1. The van der Waals surface area contributed by atoms with Crippen molar-refractivity contribution in [2.24, 2.45) is 5.73 Å². The predicted molar refractivity (Wildman–Crippen MR) is 55.3 cm³/mol. The van der Waals surface area contributed by atoms with Crippen LogP contribution in [0.1, 0.15) is 12.8 Å². The summed E-state index contributed by atoms with van der Waals surface area (Å²) in [5, 5.41) is 2.77. The van der Waals surface area contributed by atoms with Crippen LogP contribution in [0.25, 0.3) is 0 Å². The van der Waals surface area contributed by atoms with Crippen LogP contribution in [0.2, 0.25) is 0 Å². The fourth-order valence-corrected chi connectivity index (χ4v) is 2.09. The second-order valence-corrected chi connectivity index (χ2v) is 4.11. The van der Waals surface area contributed by atoms with Gasteiger partial charge in [-0.3, -0.25) is 14.4 Å². The van der Waals surface area contributed by atoms with E-state index in [1.165, 1.54) is 4.90 Å². The number of fused-ring (bicyclic) bond motifs is 2. The lowest BCUT2D eigenvalue weighted by Crippen LogP contribution is -2.50. The van der Waals surface area contributed by atoms with Gasteiger partial charge in [-0.05, 0) is 12.8 Å². The molecule has 2 heterocycles. The molecule has 2 saturated heterocycles. The first-order valence-corrected chi connectivity index (χ1v) is 5.35. The molecular formula is C9H14N4O4. The molecule has 0 aromatic carbocycles. The number of rotatable bonds is 4. The summed E-state index contributed by atoms with van der Waals surface area (Å²) in [6.45, 7) is 0.153. The first kappa shape index (κ1) is 11.6. The Bertz CT molecular complexity index is 359. The van der Waals surface area contributed by atoms with Crippen molar-refractivity contribution in [2.75, 3.05) is 13.2 Å². The highest BCUT2D eigenvalue weighted by Gasteiger charge is 2.41. The summed E-state index contributed by atoms with van der Waals surface area (Å²) in [6, 6.07) is -0.637. The molecule has 2 fully saturated rings. The van der Waals surface area contributed by atoms with E-state index in [0.29, 0.717) is 13.0 Å². The molecule has 0 spiro atoms. The van der Waals surface area contributed by atoms with E-state index in [1.807, 2.05) is 0 Å². The Morgan fingerprint density at radius 2 is 2.29 bits per heavy atom. The van der Waals surface area contributed by atoms with Gasteiger partial charge >= 0.3 is 6.03 Å². The number of hydrogen-bond acceptors (Lipinski definition) is 4. The third kappa shape index (κ3) is 2.47. The van der Waals surface area contributed by atoms with Gasteiger partial charge in [0.2, 0.25) is 5.91 Å². The van der Waals surface area contributed by atoms with Gasteiger partial charge in [-0.15, -0.1) is 0 Å². The molecular weight excluding hydrogens is 228 g/mol. The van der Waals surface area contributed by atoms with E-state index in [2.05, 4.69) is 15.6 Å². The highest BCUT2D eigenvalue weighted by Crippen LogP contribution is 2.22. The van der Waals surface area contributed by atoms with Gasteiger partial charge in [-0.25, -0.2) is 10.3 Å². The molecule has 2 bridgehead atoms. The van der Waals surface area contributed by atoms with Crippen molar-refractivity contribution < 1.29 is 19.2 Å². The zero-order valence-electron chi connectivity index (χ0n) is 9.14. The lowest BCUT2D eigenvalue weighted by molar-refractivity contribution is -0.142. The predicted octanol–water partition coefficient (Wildman–Crippen LogP) is -1.92. The number of primary amides is 1. The van der Waals surface area contributed by atoms with E-state index in [0.717, 1.165) is 6.42 Å². The van der Waals surface area contributed by atoms with Crippen molar-refractivity contribution in [1.29, 1.82) is 0 Å². The minimum absolute atomic E-state index is 0.137. The van der Waals surface area contributed by atoms with Crippen LogP contribution in [0.15, 0.2) is 0 Å². The average Bonchev–Trinajstić information content (AvgIpc) is 2.54. The van der Waals surface area contributed by atoms with Crippen LogP contribution in [-0.2, 0) is 14.4 Å². The summed E-state index contributed by atoms with van der Waals surface area (Å²) in [6.07, 6.45) is 1.34. The molecule has 94 valence electrons. The minimum Gasteiger partial charge on any atom is -0.368 e. The molecule has 4 amide bonds. The number of carbonyl (C=O) groups excluding carboxylic acids is 3. The summed E-state index contributed by atoms with van der Waals surface area (Å²) < 4.78 is 0. The summed E-state index contributed by atoms with van der Waals surface area (Å²) in [5.74, 6) is -1.10. The maximum Gasteiger partial charge on any atom is 0.318 e. The Kier molecular flexibility index (Phi) is 3.14. The summed E-state index contributed by atoms with van der Waals surface area (Å²) in [4.78, 5) is 39.7. The molecule has 8 heteroatoms. The van der Waals surface area contributed by atoms with Gasteiger partial charge in [0.15, 0.2) is 6.61 Å². The van der Waals surface area contributed by atoms with Crippen molar-refractivity contribution in [2.45, 2.75) is 24.9 Å². The van der Waals surface area contributed by atoms with Crippen molar-refractivity contribution in [3.8, 4) is 0 Å². The second kappa shape index (κ2) is 4.58. The average molecular weight is 242 g/mol. The molecule has 17 heavy (non-hydrogen) atoms. The number of piperidine rings is 1. The maximum absolute atomic E-state index is 11.7. The normalized spacial score (nSPS) is 26.6. The number of carbonyl (C=O) groups is 3. The summed E-state index contributed by atoms with van der Waals surface area (Å²) >= 11 is 0. The van der Waals surface area contributed by atoms with E-state index in [4.69, 9.17) is 5.73 Å². The SMILES string of the molecule is NC(=O)CONC(=O)[C@@H]1CCC2CN1C(=O)N2. The van der Waals surface area contributed by atoms with E-state index in [-0.39, 0.29) is 18.7 Å². The lowest BCUT2D eigenvalue weighted by atomic mass is 10.0. The number of hydrogen-bond donors (Lipinski definition) is 3. The molecule has 0 aromatic rings. The van der Waals surface area contributed by atoms with Crippen molar-refractivity contribution in [3.05, 3.63) is 0 Å². The number of nitrogens with one attached hydrogen (secondary N) is 2. The highest BCUT2D eigenvalue weighted by atomic mass is 16.7. The fourth-order valence-electron chi connectivity index (χ4n) is 2.09. The third-order valence-corrected chi connectivity index (χ3v) is 2.86. The molecule has 0 saturated carbocycles. The summed E-state index contributed by atoms with van der Waals surface area (Å²) in [5.41, 5.74) is 6.98. The molecule has 2 aliphatic rings. The Labute approximate surface area is 97.4 Å². The molecule has 0 radical (unpaired) electrons. The number of nitrogens with two attached hydrogens (primary N) is 1. The van der Waals surface area contributed by atoms with Crippen LogP contribution >= 0.6 is 0 Å². The van der Waals surface area contributed by atoms with E-state index >= 15 is 0 Å². The van der Waals surface area contributed by atoms with Crippen LogP contribution in [0.3, 0.4) is 0 Å². The maximum atomic E-state index is 11.7. The minimum atomic E-state index is -0.673. The Morgan fingerprint density at radius 1 is 1.53 bits per heavy atom. The molecule has 2 atom stereocenters. The van der Waals surface area contributed by atoms with E-state index < -0.39 is 17.9 Å². The fraction of sp³-hybridized carbons (Fsp3) is 0.667. The number of urea groups is 1. The van der Waals surface area contributed by atoms with Gasteiger partial charge in [0.25, 0.3) is 5.91 Å². The zero-order chi connectivity index (χ0) is 12.4. The third-order valence-electron chi connectivity index (χ3n) is 2.86. The van der Waals surface area contributed by atoms with E-state index in [9.17, 15) is 14.4 Å². The van der Waals surface area contributed by atoms with Gasteiger partial charge < -0.3 is 16.0 Å². The van der Waals surface area contributed by atoms with Gasteiger partial charge in [-0.2, -0.15) is 0 Å². The van der Waals surface area contributed by atoms with Gasteiger partial charge in [-0.1, -0.05) is 0 Å². The monoisotopic (exact) mass is 242 g/mol. The molecule has 0 aromatic heterocycles. The highest BCUT2D eigenvalue weighted by molar-refractivity contribution is 5.88. The van der Waals surface area contributed by atoms with Gasteiger partial charge in [0.1, 0.15) is 6.04 Å². The van der Waals surface area contributed by atoms with Crippen LogP contribution in [0.4, 0.5) is 4.79 Å². The van der Waals surface area contributed by atoms with Crippen molar-refractivity contribution in [1.82, 2.24) is 15.7 Å². The molecule has 1 unspecified atom stereocenters. The van der Waals surface area contributed by atoms with Gasteiger partial charge in [0, 0.05) is 12.6 Å². The molecule has 2 rings (SSSR count). The first-order valence-electron chi connectivity index (χ1n) is 5.35. The lowest BCUT2D eigenvalue weighted by Gasteiger charge is -2.29. The Hall–Kier alpha value is -1.83. The number of hydroxylamine groups is 1. The number of nitrogens with zero attached hydrogens (tertiary/aromatic N) is 1. The topological polar surface area (TPSA) is 114 Å². The first-order chi connectivity index (χ1) is 8.08. The van der Waals surface area contributed by atoms with Gasteiger partial charge in [0.05, 0.1) is 0 Å². The van der Waals surface area contributed by atoms with Crippen LogP contribution < -0.4 is 16.5 Å². The molecule has 4 N–H and O–H groups in total. The quantitative estimate of drug-likeness (QED) is 0.498. The van der Waals surface area contributed by atoms with Crippen LogP contribution in [-0.4, -0.2) is 48.0 Å². The Morgan fingerprint density at radius 3 is 3.00 bits per heavy atom. The van der Waals surface area contributed by atoms with Crippen molar-refractivity contribution in [3.63, 3.8) is 0 Å². The zero-order valence-corrected chi connectivity index (χ0v) is 9.14. The molecule has 0 aliphatic carbocycles. The molecule has 8 nitrogen and oxygen atoms in total. The largest absolute Gasteiger partial charge is 0.368 e. The van der Waals surface area contributed by atoms with Crippen LogP contribution in [0.5, 0.6) is 0 Å². The smallest absolute Gasteiger partial charge is 0.318 e. The van der Waals surface area contributed by atoms with E-state index in [1.54, 1.807) is 0 Å². The molecule has 2 aliphatic heterocycles. The van der Waals surface area contributed by atoms with Crippen molar-refractivity contribution >= 4 is 17.8 Å². The summed E-state index contributed by atoms with van der Waals surface area (Å²) in [7, 11) is 0. The van der Waals surface area contributed by atoms with Crippen LogP contribution in [0, 0.1) is 0 Å². The Balaban J connectivity index is 1.86. The second-order valence-electron chi connectivity index (χ2n) is 4.11.